The molecule has 0 saturated carbocycles. The van der Waals surface area contributed by atoms with E-state index in [2.05, 4.69) is 5.32 Å². The van der Waals surface area contributed by atoms with Gasteiger partial charge in [0.1, 0.15) is 0 Å². The molecule has 1 aromatic carbocycles. The Hall–Kier alpha value is -1.55. The van der Waals surface area contributed by atoms with E-state index in [-0.39, 0.29) is 24.0 Å². The summed E-state index contributed by atoms with van der Waals surface area (Å²) in [5, 5.41) is 3.03. The van der Waals surface area contributed by atoms with Crippen LogP contribution in [0.25, 0.3) is 0 Å². The highest BCUT2D eigenvalue weighted by molar-refractivity contribution is 5.79. The first-order valence-electron chi connectivity index (χ1n) is 6.35. The summed E-state index contributed by atoms with van der Waals surface area (Å²) in [4.78, 5) is 12.1. The second kappa shape index (κ2) is 5.40. The fourth-order valence-electron chi connectivity index (χ4n) is 2.26. The van der Waals surface area contributed by atoms with Crippen LogP contribution in [0.2, 0.25) is 0 Å². The first-order valence-corrected chi connectivity index (χ1v) is 6.35. The maximum Gasteiger partial charge on any atom is 0.226 e. The molecule has 2 rings (SSSR count). The number of anilines is 1. The third-order valence-electron chi connectivity index (χ3n) is 3.51. The Balaban J connectivity index is 1.96. The van der Waals surface area contributed by atoms with Gasteiger partial charge in [-0.3, -0.25) is 4.79 Å². The molecule has 1 heterocycles. The summed E-state index contributed by atoms with van der Waals surface area (Å²) in [7, 11) is 0. The van der Waals surface area contributed by atoms with Crippen molar-refractivity contribution in [3.63, 3.8) is 0 Å². The number of nitrogen functional groups attached to an aromatic ring is 1. The summed E-state index contributed by atoms with van der Waals surface area (Å²) in [6.45, 7) is 4.60. The molecule has 4 nitrogen and oxygen atoms in total. The van der Waals surface area contributed by atoms with Crippen LogP contribution in [-0.4, -0.2) is 18.6 Å². The van der Waals surface area contributed by atoms with Crippen LogP contribution in [0.15, 0.2) is 24.3 Å². The van der Waals surface area contributed by atoms with Gasteiger partial charge >= 0.3 is 0 Å². The average Bonchev–Trinajstić information content (AvgIpc) is 2.76. The van der Waals surface area contributed by atoms with Crippen LogP contribution in [0.5, 0.6) is 0 Å². The largest absolute Gasteiger partial charge is 0.399 e. The Morgan fingerprint density at radius 2 is 2.11 bits per heavy atom. The summed E-state index contributed by atoms with van der Waals surface area (Å²) in [5.74, 6) is 0.0468. The van der Waals surface area contributed by atoms with Crippen LogP contribution in [0.3, 0.4) is 0 Å². The Labute approximate surface area is 108 Å². The molecular weight excluding hydrogens is 228 g/mol. The number of carbonyl (C=O) groups is 1. The van der Waals surface area contributed by atoms with E-state index < -0.39 is 0 Å². The molecule has 0 aliphatic carbocycles. The van der Waals surface area contributed by atoms with E-state index in [0.717, 1.165) is 17.7 Å². The molecule has 0 spiro atoms. The first-order chi connectivity index (χ1) is 8.58. The molecule has 4 heteroatoms. The van der Waals surface area contributed by atoms with Crippen LogP contribution in [-0.2, 0) is 9.53 Å². The molecule has 1 amide bonds. The van der Waals surface area contributed by atoms with E-state index in [0.29, 0.717) is 6.61 Å². The smallest absolute Gasteiger partial charge is 0.226 e. The summed E-state index contributed by atoms with van der Waals surface area (Å²) in [6, 6.07) is 7.56. The lowest BCUT2D eigenvalue weighted by atomic mass is 10.0. The van der Waals surface area contributed by atoms with Gasteiger partial charge in [0.25, 0.3) is 0 Å². The van der Waals surface area contributed by atoms with Gasteiger partial charge in [0, 0.05) is 12.3 Å². The van der Waals surface area contributed by atoms with Crippen molar-refractivity contribution in [3.05, 3.63) is 29.8 Å². The fraction of sp³-hybridized carbons (Fsp3) is 0.500. The van der Waals surface area contributed by atoms with Gasteiger partial charge in [0.2, 0.25) is 5.91 Å². The molecule has 3 unspecified atom stereocenters. The predicted octanol–water partition coefficient (Wildman–Crippen LogP) is 1.87. The highest BCUT2D eigenvalue weighted by Crippen LogP contribution is 2.22. The van der Waals surface area contributed by atoms with E-state index in [1.165, 1.54) is 0 Å². The first kappa shape index (κ1) is 12.9. The van der Waals surface area contributed by atoms with Crippen molar-refractivity contribution in [1.29, 1.82) is 0 Å². The van der Waals surface area contributed by atoms with Gasteiger partial charge in [-0.25, -0.2) is 0 Å². The van der Waals surface area contributed by atoms with Gasteiger partial charge in [-0.15, -0.1) is 0 Å². The number of nitrogens with one attached hydrogen (secondary N) is 1. The minimum absolute atomic E-state index is 0.00843. The van der Waals surface area contributed by atoms with Crippen molar-refractivity contribution in [2.24, 2.45) is 5.92 Å². The van der Waals surface area contributed by atoms with Crippen molar-refractivity contribution in [3.8, 4) is 0 Å². The van der Waals surface area contributed by atoms with Crippen molar-refractivity contribution in [2.75, 3.05) is 12.3 Å². The zero-order chi connectivity index (χ0) is 13.1. The molecule has 1 saturated heterocycles. The Kier molecular flexibility index (Phi) is 3.87. The van der Waals surface area contributed by atoms with Crippen LogP contribution in [0.4, 0.5) is 5.69 Å². The van der Waals surface area contributed by atoms with Gasteiger partial charge in [0.05, 0.1) is 18.1 Å². The quantitative estimate of drug-likeness (QED) is 0.803. The Bertz CT molecular complexity index is 416. The lowest BCUT2D eigenvalue weighted by Crippen LogP contribution is -2.35. The number of amides is 1. The molecule has 1 aliphatic rings. The van der Waals surface area contributed by atoms with Gasteiger partial charge in [0.15, 0.2) is 0 Å². The molecule has 1 aliphatic heterocycles. The van der Waals surface area contributed by atoms with Gasteiger partial charge in [-0.05, 0) is 38.0 Å². The van der Waals surface area contributed by atoms with Gasteiger partial charge in [-0.1, -0.05) is 12.1 Å². The number of hydrogen-bond donors (Lipinski definition) is 2. The zero-order valence-electron chi connectivity index (χ0n) is 10.8. The van der Waals surface area contributed by atoms with E-state index >= 15 is 0 Å². The second-order valence-corrected chi connectivity index (χ2v) is 4.87. The highest BCUT2D eigenvalue weighted by Gasteiger charge is 2.31. The molecule has 1 fully saturated rings. The number of ether oxygens (including phenoxy) is 1. The fourth-order valence-corrected chi connectivity index (χ4v) is 2.26. The molecule has 3 atom stereocenters. The second-order valence-electron chi connectivity index (χ2n) is 4.87. The number of rotatable bonds is 3. The predicted molar refractivity (Wildman–Crippen MR) is 70.9 cm³/mol. The number of carbonyl (C=O) groups excluding carboxylic acids is 1. The minimum Gasteiger partial charge on any atom is -0.399 e. The van der Waals surface area contributed by atoms with E-state index in [1.54, 1.807) is 0 Å². The van der Waals surface area contributed by atoms with Crippen LogP contribution in [0.1, 0.15) is 31.9 Å². The standard InChI is InChI=1S/C14H20N2O2/c1-9(11-3-5-12(15)6-4-11)16-14(17)13-7-8-18-10(13)2/h3-6,9-10,13H,7-8,15H2,1-2H3,(H,16,17). The number of benzene rings is 1. The average molecular weight is 248 g/mol. The van der Waals surface area contributed by atoms with Crippen molar-refractivity contribution in [2.45, 2.75) is 32.4 Å². The molecule has 0 bridgehead atoms. The maximum atomic E-state index is 12.1. The molecular formula is C14H20N2O2. The monoisotopic (exact) mass is 248 g/mol. The van der Waals surface area contributed by atoms with E-state index in [9.17, 15) is 4.79 Å². The summed E-state index contributed by atoms with van der Waals surface area (Å²) >= 11 is 0. The number of hydrogen-bond acceptors (Lipinski definition) is 3. The van der Waals surface area contributed by atoms with E-state index in [1.807, 2.05) is 38.1 Å². The normalized spacial score (nSPS) is 24.8. The molecule has 98 valence electrons. The summed E-state index contributed by atoms with van der Waals surface area (Å²) in [6.07, 6.45) is 0.824. The van der Waals surface area contributed by atoms with Crippen LogP contribution in [0, 0.1) is 5.92 Å². The van der Waals surface area contributed by atoms with Crippen LogP contribution >= 0.6 is 0 Å². The SMILES string of the molecule is CC(NC(=O)C1CCOC1C)c1ccc(N)cc1. The lowest BCUT2D eigenvalue weighted by molar-refractivity contribution is -0.127. The topological polar surface area (TPSA) is 64.3 Å². The Morgan fingerprint density at radius 3 is 2.67 bits per heavy atom. The maximum absolute atomic E-state index is 12.1. The van der Waals surface area contributed by atoms with Gasteiger partial charge in [-0.2, -0.15) is 0 Å². The van der Waals surface area contributed by atoms with Gasteiger partial charge < -0.3 is 15.8 Å². The molecule has 3 N–H and O–H groups in total. The van der Waals surface area contributed by atoms with Crippen molar-refractivity contribution in [1.82, 2.24) is 5.32 Å². The minimum atomic E-state index is -0.0266. The lowest BCUT2D eigenvalue weighted by Gasteiger charge is -2.19. The number of nitrogens with two attached hydrogens (primary N) is 1. The molecule has 0 radical (unpaired) electrons. The molecule has 18 heavy (non-hydrogen) atoms. The van der Waals surface area contributed by atoms with E-state index in [4.69, 9.17) is 10.5 Å². The molecule has 0 aromatic heterocycles. The van der Waals surface area contributed by atoms with Crippen molar-refractivity contribution < 1.29 is 9.53 Å². The zero-order valence-corrected chi connectivity index (χ0v) is 10.8. The highest BCUT2D eigenvalue weighted by atomic mass is 16.5. The summed E-state index contributed by atoms with van der Waals surface area (Å²) < 4.78 is 5.41. The Morgan fingerprint density at radius 1 is 1.44 bits per heavy atom. The van der Waals surface area contributed by atoms with Crippen molar-refractivity contribution >= 4 is 11.6 Å². The molecule has 1 aromatic rings. The summed E-state index contributed by atoms with van der Waals surface area (Å²) in [5.41, 5.74) is 7.43. The third kappa shape index (κ3) is 2.82. The third-order valence-corrected chi connectivity index (χ3v) is 3.51. The van der Waals surface area contributed by atoms with Crippen LogP contribution < -0.4 is 11.1 Å².